The van der Waals surface area contributed by atoms with Gasteiger partial charge in [-0.1, -0.05) is 0 Å². The van der Waals surface area contributed by atoms with Gasteiger partial charge in [-0.25, -0.2) is 0 Å². The van der Waals surface area contributed by atoms with Crippen molar-refractivity contribution in [3.63, 3.8) is 0 Å². The van der Waals surface area contributed by atoms with E-state index >= 15 is 0 Å². The summed E-state index contributed by atoms with van der Waals surface area (Å²) in [5.74, 6) is 1.15. The van der Waals surface area contributed by atoms with Gasteiger partial charge < -0.3 is 21.1 Å². The fourth-order valence-electron chi connectivity index (χ4n) is 2.88. The van der Waals surface area contributed by atoms with Gasteiger partial charge in [0, 0.05) is 24.2 Å². The third-order valence-corrected chi connectivity index (χ3v) is 4.38. The largest absolute Gasteiger partial charge is 0.457 e. The third-order valence-electron chi connectivity index (χ3n) is 4.38. The first-order valence-corrected chi connectivity index (χ1v) is 8.24. The zero-order valence-corrected chi connectivity index (χ0v) is 13.9. The Morgan fingerprint density at radius 3 is 2.04 bits per heavy atom. The Hall–Kier alpha value is -2.86. The van der Waals surface area contributed by atoms with E-state index in [0.29, 0.717) is 35.1 Å². The first-order chi connectivity index (χ1) is 12.1. The molecular weight excluding hydrogens is 318 g/mol. The molecule has 25 heavy (non-hydrogen) atoms. The number of benzene rings is 2. The molecule has 1 atom stereocenters. The highest BCUT2D eigenvalue weighted by atomic mass is 16.5. The molecule has 1 heterocycles. The molecule has 1 fully saturated rings. The molecule has 0 bridgehead atoms. The molecule has 0 aromatic heterocycles. The van der Waals surface area contributed by atoms with Crippen LogP contribution in [0.5, 0.6) is 11.5 Å². The first-order valence-electron chi connectivity index (χ1n) is 8.24. The number of amides is 2. The van der Waals surface area contributed by atoms with E-state index in [9.17, 15) is 9.59 Å². The molecule has 0 spiro atoms. The molecule has 4 N–H and O–H groups in total. The summed E-state index contributed by atoms with van der Waals surface area (Å²) in [5.41, 5.74) is 11.9. The monoisotopic (exact) mass is 339 g/mol. The van der Waals surface area contributed by atoms with Crippen LogP contribution in [0.3, 0.4) is 0 Å². The van der Waals surface area contributed by atoms with Crippen LogP contribution in [0.25, 0.3) is 0 Å². The van der Waals surface area contributed by atoms with Gasteiger partial charge in [-0.3, -0.25) is 9.59 Å². The molecule has 0 unspecified atom stereocenters. The average molecular weight is 339 g/mol. The van der Waals surface area contributed by atoms with Crippen LogP contribution >= 0.6 is 0 Å². The van der Waals surface area contributed by atoms with Crippen molar-refractivity contribution in [3.05, 3.63) is 59.7 Å². The quantitative estimate of drug-likeness (QED) is 0.870. The van der Waals surface area contributed by atoms with Gasteiger partial charge in [-0.2, -0.15) is 0 Å². The Morgan fingerprint density at radius 1 is 1.00 bits per heavy atom. The minimum Gasteiger partial charge on any atom is -0.457 e. The highest BCUT2D eigenvalue weighted by molar-refractivity contribution is 5.94. The topological polar surface area (TPSA) is 98.7 Å². The molecule has 2 amide bonds. The lowest BCUT2D eigenvalue weighted by atomic mass is 10.1. The second kappa shape index (κ2) is 7.36. The van der Waals surface area contributed by atoms with Crippen LogP contribution in [0.4, 0.5) is 0 Å². The van der Waals surface area contributed by atoms with Crippen LogP contribution in [-0.2, 0) is 0 Å². The Morgan fingerprint density at radius 2 is 1.56 bits per heavy atom. The zero-order chi connectivity index (χ0) is 17.8. The number of carbonyl (C=O) groups excluding carboxylic acids is 2. The molecule has 0 radical (unpaired) electrons. The minimum atomic E-state index is -0.479. The summed E-state index contributed by atoms with van der Waals surface area (Å²) in [6.07, 6.45) is 0.963. The maximum absolute atomic E-state index is 12.5. The molecular formula is C19H21N3O3. The third kappa shape index (κ3) is 3.97. The fraction of sp³-hybridized carbons (Fsp3) is 0.263. The Bertz CT molecular complexity index is 756. The van der Waals surface area contributed by atoms with Gasteiger partial charge in [0.25, 0.3) is 5.91 Å². The first kappa shape index (κ1) is 17.0. The summed E-state index contributed by atoms with van der Waals surface area (Å²) in [7, 11) is 0. The molecule has 1 aliphatic heterocycles. The second-order valence-corrected chi connectivity index (χ2v) is 6.16. The molecule has 2 aromatic rings. The van der Waals surface area contributed by atoms with Crippen LogP contribution in [0.2, 0.25) is 0 Å². The van der Waals surface area contributed by atoms with Gasteiger partial charge in [0.05, 0.1) is 0 Å². The standard InChI is InChI=1S/C19H21N3O3/c20-11-13-9-10-22(12-13)19(24)15-3-7-17(8-4-15)25-16-5-1-14(2-6-16)18(21)23/h1-8,13H,9-12,20H2,(H2,21,23)/t13-/m1/s1. The lowest BCUT2D eigenvalue weighted by Gasteiger charge is -2.16. The van der Waals surface area contributed by atoms with Crippen LogP contribution in [-0.4, -0.2) is 36.3 Å². The molecule has 6 heteroatoms. The Kier molecular flexibility index (Phi) is 5.00. The number of nitrogens with two attached hydrogens (primary N) is 2. The van der Waals surface area contributed by atoms with E-state index in [1.165, 1.54) is 0 Å². The number of carbonyl (C=O) groups is 2. The fourth-order valence-corrected chi connectivity index (χ4v) is 2.88. The smallest absolute Gasteiger partial charge is 0.253 e. The number of nitrogens with zero attached hydrogens (tertiary/aromatic N) is 1. The van der Waals surface area contributed by atoms with Gasteiger partial charge in [0.2, 0.25) is 5.91 Å². The Balaban J connectivity index is 1.64. The van der Waals surface area contributed by atoms with Crippen molar-refractivity contribution < 1.29 is 14.3 Å². The predicted molar refractivity (Wildman–Crippen MR) is 94.5 cm³/mol. The van der Waals surface area contributed by atoms with Crippen LogP contribution in [0.1, 0.15) is 27.1 Å². The number of primary amides is 1. The number of hydrogen-bond donors (Lipinski definition) is 2. The van der Waals surface area contributed by atoms with E-state index in [1.807, 2.05) is 4.90 Å². The van der Waals surface area contributed by atoms with Crippen molar-refractivity contribution in [1.29, 1.82) is 0 Å². The van der Waals surface area contributed by atoms with E-state index in [0.717, 1.165) is 19.5 Å². The van der Waals surface area contributed by atoms with Gasteiger partial charge in [-0.15, -0.1) is 0 Å². The lowest BCUT2D eigenvalue weighted by Crippen LogP contribution is -2.29. The summed E-state index contributed by atoms with van der Waals surface area (Å²) < 4.78 is 5.71. The molecule has 6 nitrogen and oxygen atoms in total. The number of rotatable bonds is 5. The van der Waals surface area contributed by atoms with E-state index in [4.69, 9.17) is 16.2 Å². The lowest BCUT2D eigenvalue weighted by molar-refractivity contribution is 0.0787. The van der Waals surface area contributed by atoms with Crippen LogP contribution < -0.4 is 16.2 Å². The van der Waals surface area contributed by atoms with Crippen molar-refractivity contribution in [3.8, 4) is 11.5 Å². The normalized spacial score (nSPS) is 16.7. The molecule has 1 saturated heterocycles. The SMILES string of the molecule is NC[C@H]1CCN(C(=O)c2ccc(Oc3ccc(C(N)=O)cc3)cc2)C1. The average Bonchev–Trinajstić information content (AvgIpc) is 3.11. The van der Waals surface area contributed by atoms with Crippen molar-refractivity contribution in [2.24, 2.45) is 17.4 Å². The van der Waals surface area contributed by atoms with Crippen molar-refractivity contribution in [2.45, 2.75) is 6.42 Å². The van der Waals surface area contributed by atoms with E-state index < -0.39 is 5.91 Å². The minimum absolute atomic E-state index is 0.0216. The van der Waals surface area contributed by atoms with Gasteiger partial charge in [-0.05, 0) is 67.4 Å². The van der Waals surface area contributed by atoms with E-state index in [2.05, 4.69) is 0 Å². The highest BCUT2D eigenvalue weighted by Gasteiger charge is 2.25. The zero-order valence-electron chi connectivity index (χ0n) is 13.9. The number of hydrogen-bond acceptors (Lipinski definition) is 4. The highest BCUT2D eigenvalue weighted by Crippen LogP contribution is 2.23. The summed E-state index contributed by atoms with van der Waals surface area (Å²) in [4.78, 5) is 25.4. The molecule has 130 valence electrons. The van der Waals surface area contributed by atoms with Gasteiger partial charge in [0.15, 0.2) is 0 Å². The number of likely N-dealkylation sites (tertiary alicyclic amines) is 1. The predicted octanol–water partition coefficient (Wildman–Crippen LogP) is 2.00. The molecule has 2 aromatic carbocycles. The molecule has 0 saturated carbocycles. The van der Waals surface area contributed by atoms with Gasteiger partial charge in [0.1, 0.15) is 11.5 Å². The molecule has 1 aliphatic rings. The van der Waals surface area contributed by atoms with Crippen molar-refractivity contribution >= 4 is 11.8 Å². The van der Waals surface area contributed by atoms with Crippen LogP contribution in [0, 0.1) is 5.92 Å². The second-order valence-electron chi connectivity index (χ2n) is 6.16. The summed E-state index contributed by atoms with van der Waals surface area (Å²) in [6.45, 7) is 2.09. The molecule has 0 aliphatic carbocycles. The number of ether oxygens (including phenoxy) is 1. The summed E-state index contributed by atoms with van der Waals surface area (Å²) in [5, 5.41) is 0. The maximum Gasteiger partial charge on any atom is 0.253 e. The van der Waals surface area contributed by atoms with E-state index in [1.54, 1.807) is 48.5 Å². The Labute approximate surface area is 146 Å². The maximum atomic E-state index is 12.5. The van der Waals surface area contributed by atoms with Gasteiger partial charge >= 0.3 is 0 Å². The van der Waals surface area contributed by atoms with Crippen molar-refractivity contribution in [2.75, 3.05) is 19.6 Å². The van der Waals surface area contributed by atoms with Crippen molar-refractivity contribution in [1.82, 2.24) is 4.90 Å². The summed E-state index contributed by atoms with van der Waals surface area (Å²) in [6, 6.07) is 13.6. The summed E-state index contributed by atoms with van der Waals surface area (Å²) >= 11 is 0. The van der Waals surface area contributed by atoms with E-state index in [-0.39, 0.29) is 5.91 Å². The van der Waals surface area contributed by atoms with Crippen LogP contribution in [0.15, 0.2) is 48.5 Å². The molecule has 3 rings (SSSR count).